The van der Waals surface area contributed by atoms with Crippen LogP contribution in [0.3, 0.4) is 0 Å². The Kier molecular flexibility index (Phi) is 4.36. The molecule has 2 aromatic heterocycles. The van der Waals surface area contributed by atoms with Crippen LogP contribution in [-0.2, 0) is 13.1 Å². The molecule has 0 atom stereocenters. The van der Waals surface area contributed by atoms with Crippen molar-refractivity contribution in [3.63, 3.8) is 0 Å². The molecule has 0 saturated carbocycles. The van der Waals surface area contributed by atoms with Crippen molar-refractivity contribution < 1.29 is 0 Å². The molecule has 3 nitrogen and oxygen atoms in total. The molecular formula is C17H19N3S. The van der Waals surface area contributed by atoms with Crippen molar-refractivity contribution in [3.05, 3.63) is 59.9 Å². The predicted octanol–water partition coefficient (Wildman–Crippen LogP) is 4.63. The Bertz CT molecular complexity index is 686. The third-order valence-corrected chi connectivity index (χ3v) is 4.23. The van der Waals surface area contributed by atoms with E-state index in [1.54, 1.807) is 11.3 Å². The van der Waals surface area contributed by atoms with Crippen LogP contribution in [0.1, 0.15) is 19.0 Å². The van der Waals surface area contributed by atoms with Gasteiger partial charge in [0, 0.05) is 41.3 Å². The van der Waals surface area contributed by atoms with Gasteiger partial charge in [0.2, 0.25) is 0 Å². The fraction of sp³-hybridized carbons (Fsp3) is 0.235. The van der Waals surface area contributed by atoms with Crippen LogP contribution < -0.4 is 5.32 Å². The van der Waals surface area contributed by atoms with Gasteiger partial charge in [-0.15, -0.1) is 11.3 Å². The van der Waals surface area contributed by atoms with Crippen LogP contribution in [0.4, 0.5) is 5.69 Å². The maximum atomic E-state index is 4.36. The van der Waals surface area contributed by atoms with Crippen molar-refractivity contribution in [2.45, 2.75) is 26.4 Å². The number of nitrogens with one attached hydrogen (secondary N) is 1. The van der Waals surface area contributed by atoms with Gasteiger partial charge >= 0.3 is 0 Å². The molecule has 1 N–H and O–H groups in total. The van der Waals surface area contributed by atoms with Crippen LogP contribution in [0.15, 0.2) is 54.2 Å². The minimum atomic E-state index is 0.842. The highest BCUT2D eigenvalue weighted by molar-refractivity contribution is 7.13. The Balaban J connectivity index is 1.71. The standard InChI is InChI=1S/C17H19N3S/c1-2-9-20-10-4-7-16(20)13-19-15-6-3-5-14(12-15)17-18-8-11-21-17/h3-8,10-12,19H,2,9,13H2,1H3. The smallest absolute Gasteiger partial charge is 0.123 e. The van der Waals surface area contributed by atoms with E-state index in [1.165, 1.54) is 11.3 Å². The van der Waals surface area contributed by atoms with Crippen LogP contribution in [0.5, 0.6) is 0 Å². The average Bonchev–Trinajstić information content (AvgIpc) is 3.18. The molecule has 0 aliphatic carbocycles. The van der Waals surface area contributed by atoms with E-state index in [4.69, 9.17) is 0 Å². The summed E-state index contributed by atoms with van der Waals surface area (Å²) < 4.78 is 2.30. The zero-order valence-corrected chi connectivity index (χ0v) is 12.9. The Hall–Kier alpha value is -2.07. The second-order valence-electron chi connectivity index (χ2n) is 4.96. The molecule has 0 aliphatic heterocycles. The minimum absolute atomic E-state index is 0.842. The third kappa shape index (κ3) is 3.34. The van der Waals surface area contributed by atoms with Gasteiger partial charge in [0.1, 0.15) is 5.01 Å². The number of aryl methyl sites for hydroxylation is 1. The number of aromatic nitrogens is 2. The van der Waals surface area contributed by atoms with Crippen molar-refractivity contribution in [2.24, 2.45) is 0 Å². The number of rotatable bonds is 6. The quantitative estimate of drug-likeness (QED) is 0.718. The van der Waals surface area contributed by atoms with Gasteiger partial charge in [-0.05, 0) is 30.7 Å². The molecule has 0 radical (unpaired) electrons. The predicted molar refractivity (Wildman–Crippen MR) is 89.6 cm³/mol. The van der Waals surface area contributed by atoms with E-state index in [1.807, 2.05) is 11.6 Å². The van der Waals surface area contributed by atoms with Crippen LogP contribution >= 0.6 is 11.3 Å². The highest BCUT2D eigenvalue weighted by Gasteiger charge is 2.03. The van der Waals surface area contributed by atoms with E-state index in [9.17, 15) is 0 Å². The summed E-state index contributed by atoms with van der Waals surface area (Å²) in [5, 5.41) is 6.57. The molecule has 0 saturated heterocycles. The molecule has 0 aliphatic rings. The van der Waals surface area contributed by atoms with E-state index in [0.717, 1.165) is 30.2 Å². The first-order valence-corrected chi connectivity index (χ1v) is 8.12. The van der Waals surface area contributed by atoms with Gasteiger partial charge < -0.3 is 9.88 Å². The maximum Gasteiger partial charge on any atom is 0.123 e. The lowest BCUT2D eigenvalue weighted by molar-refractivity contribution is 0.654. The normalized spacial score (nSPS) is 10.7. The molecule has 0 amide bonds. The fourth-order valence-electron chi connectivity index (χ4n) is 2.39. The number of hydrogen-bond donors (Lipinski definition) is 1. The van der Waals surface area contributed by atoms with Crippen molar-refractivity contribution >= 4 is 17.0 Å². The van der Waals surface area contributed by atoms with Gasteiger partial charge in [0.25, 0.3) is 0 Å². The molecule has 1 aromatic carbocycles. The number of thiazole rings is 1. The summed E-state index contributed by atoms with van der Waals surface area (Å²) in [6, 6.07) is 12.7. The molecule has 2 heterocycles. The molecule has 0 bridgehead atoms. The van der Waals surface area contributed by atoms with Crippen molar-refractivity contribution in [1.82, 2.24) is 9.55 Å². The van der Waals surface area contributed by atoms with Gasteiger partial charge in [-0.1, -0.05) is 19.1 Å². The zero-order chi connectivity index (χ0) is 14.5. The molecule has 3 rings (SSSR count). The Morgan fingerprint density at radius 3 is 3.00 bits per heavy atom. The molecule has 21 heavy (non-hydrogen) atoms. The van der Waals surface area contributed by atoms with Crippen LogP contribution in [0, 0.1) is 0 Å². The largest absolute Gasteiger partial charge is 0.379 e. The van der Waals surface area contributed by atoms with Gasteiger partial charge in [-0.25, -0.2) is 4.98 Å². The van der Waals surface area contributed by atoms with Gasteiger partial charge in [0.15, 0.2) is 0 Å². The van der Waals surface area contributed by atoms with Gasteiger partial charge in [0.05, 0.1) is 6.54 Å². The maximum absolute atomic E-state index is 4.36. The van der Waals surface area contributed by atoms with Crippen LogP contribution in [0.2, 0.25) is 0 Å². The first-order valence-electron chi connectivity index (χ1n) is 7.24. The second kappa shape index (κ2) is 6.59. The molecule has 0 unspecified atom stereocenters. The van der Waals surface area contributed by atoms with Crippen molar-refractivity contribution in [1.29, 1.82) is 0 Å². The van der Waals surface area contributed by atoms with E-state index >= 15 is 0 Å². The lowest BCUT2D eigenvalue weighted by atomic mass is 10.2. The van der Waals surface area contributed by atoms with E-state index in [2.05, 4.69) is 64.4 Å². The summed E-state index contributed by atoms with van der Waals surface area (Å²) in [6.45, 7) is 4.12. The third-order valence-electron chi connectivity index (χ3n) is 3.40. The summed E-state index contributed by atoms with van der Waals surface area (Å²) in [4.78, 5) is 4.36. The number of anilines is 1. The van der Waals surface area contributed by atoms with E-state index in [0.29, 0.717) is 0 Å². The summed E-state index contributed by atoms with van der Waals surface area (Å²) in [7, 11) is 0. The summed E-state index contributed by atoms with van der Waals surface area (Å²) in [6.07, 6.45) is 5.14. The monoisotopic (exact) mass is 297 g/mol. The highest BCUT2D eigenvalue weighted by atomic mass is 32.1. The lowest BCUT2D eigenvalue weighted by Crippen LogP contribution is -2.06. The number of hydrogen-bond acceptors (Lipinski definition) is 3. The molecule has 4 heteroatoms. The average molecular weight is 297 g/mol. The molecule has 108 valence electrons. The molecule has 0 fully saturated rings. The van der Waals surface area contributed by atoms with Gasteiger partial charge in [-0.3, -0.25) is 0 Å². The summed E-state index contributed by atoms with van der Waals surface area (Å²) >= 11 is 1.67. The summed E-state index contributed by atoms with van der Waals surface area (Å²) in [5.74, 6) is 0. The first kappa shape index (κ1) is 13.9. The number of benzene rings is 1. The zero-order valence-electron chi connectivity index (χ0n) is 12.1. The van der Waals surface area contributed by atoms with E-state index < -0.39 is 0 Å². The second-order valence-corrected chi connectivity index (χ2v) is 5.86. The molecule has 3 aromatic rings. The topological polar surface area (TPSA) is 29.9 Å². The lowest BCUT2D eigenvalue weighted by Gasteiger charge is -2.11. The SMILES string of the molecule is CCCn1cccc1CNc1cccc(-c2nccs2)c1. The van der Waals surface area contributed by atoms with Crippen molar-refractivity contribution in [3.8, 4) is 10.6 Å². The van der Waals surface area contributed by atoms with Gasteiger partial charge in [-0.2, -0.15) is 0 Å². The summed E-state index contributed by atoms with van der Waals surface area (Å²) in [5.41, 5.74) is 3.61. The Morgan fingerprint density at radius 1 is 1.24 bits per heavy atom. The van der Waals surface area contributed by atoms with E-state index in [-0.39, 0.29) is 0 Å². The Labute approximate surface area is 129 Å². The van der Waals surface area contributed by atoms with Crippen molar-refractivity contribution in [2.75, 3.05) is 5.32 Å². The van der Waals surface area contributed by atoms with Crippen LogP contribution in [0.25, 0.3) is 10.6 Å². The molecular weight excluding hydrogens is 278 g/mol. The first-order chi connectivity index (χ1) is 10.4. The number of nitrogens with zero attached hydrogens (tertiary/aromatic N) is 2. The Morgan fingerprint density at radius 2 is 2.19 bits per heavy atom. The highest BCUT2D eigenvalue weighted by Crippen LogP contribution is 2.24. The fourth-order valence-corrected chi connectivity index (χ4v) is 3.03. The molecule has 0 spiro atoms. The van der Waals surface area contributed by atoms with Crippen LogP contribution in [-0.4, -0.2) is 9.55 Å². The minimum Gasteiger partial charge on any atom is -0.379 e.